The molecular weight excluding hydrogens is 192 g/mol. The van der Waals surface area contributed by atoms with Crippen molar-refractivity contribution in [2.45, 2.75) is 38.7 Å². The van der Waals surface area contributed by atoms with E-state index in [0.29, 0.717) is 0 Å². The van der Waals surface area contributed by atoms with Gasteiger partial charge in [-0.15, -0.1) is 0 Å². The molecule has 0 spiro atoms. The molecule has 0 aromatic rings. The first-order chi connectivity index (χ1) is 7.20. The average molecular weight is 210 g/mol. The number of aliphatic hydroxyl groups is 1. The van der Waals surface area contributed by atoms with Crippen molar-refractivity contribution in [1.29, 1.82) is 0 Å². The van der Waals surface area contributed by atoms with Gasteiger partial charge in [0.1, 0.15) is 6.10 Å². The number of methoxy groups -OCH3 is 1. The molecule has 0 unspecified atom stereocenters. The van der Waals surface area contributed by atoms with Crippen LogP contribution in [0, 0.1) is 11.8 Å². The number of carbonyl (C=O) groups is 1. The summed E-state index contributed by atoms with van der Waals surface area (Å²) in [4.78, 5) is 10.6. The van der Waals surface area contributed by atoms with Crippen molar-refractivity contribution in [2.24, 2.45) is 0 Å². The molecule has 1 N–H and O–H groups in total. The number of hydrogen-bond donors (Lipinski definition) is 1. The minimum atomic E-state index is -0.884. The highest BCUT2D eigenvalue weighted by Gasteiger charge is 1.93. The summed E-state index contributed by atoms with van der Waals surface area (Å²) >= 11 is 0. The minimum Gasteiger partial charge on any atom is -0.459 e. The Hall–Kier alpha value is -1.27. The number of esters is 1. The topological polar surface area (TPSA) is 46.5 Å². The van der Waals surface area contributed by atoms with E-state index in [1.54, 1.807) is 6.08 Å². The van der Waals surface area contributed by atoms with Crippen LogP contribution in [0.15, 0.2) is 12.2 Å². The molecule has 0 saturated carbocycles. The predicted octanol–water partition coefficient (Wildman–Crippen LogP) is 1.66. The number of allylic oxidation sites excluding steroid dienone is 1. The maximum atomic E-state index is 10.6. The summed E-state index contributed by atoms with van der Waals surface area (Å²) in [6.07, 6.45) is 7.00. The van der Waals surface area contributed by atoms with E-state index in [9.17, 15) is 9.90 Å². The van der Waals surface area contributed by atoms with Gasteiger partial charge >= 0.3 is 5.97 Å². The highest BCUT2D eigenvalue weighted by Crippen LogP contribution is 2.00. The monoisotopic (exact) mass is 210 g/mol. The Morgan fingerprint density at radius 2 is 2.27 bits per heavy atom. The maximum Gasteiger partial charge on any atom is 0.384 e. The van der Waals surface area contributed by atoms with Gasteiger partial charge in [0.15, 0.2) is 0 Å². The first-order valence-electron chi connectivity index (χ1n) is 5.15. The average Bonchev–Trinajstić information content (AvgIpc) is 2.25. The Bertz CT molecular complexity index is 258. The van der Waals surface area contributed by atoms with E-state index >= 15 is 0 Å². The Kier molecular flexibility index (Phi) is 8.50. The molecule has 0 bridgehead atoms. The molecule has 0 rings (SSSR count). The van der Waals surface area contributed by atoms with E-state index in [1.807, 2.05) is 6.08 Å². The Balaban J connectivity index is 3.75. The zero-order valence-electron chi connectivity index (χ0n) is 9.32. The summed E-state index contributed by atoms with van der Waals surface area (Å²) in [5.74, 6) is 3.91. The van der Waals surface area contributed by atoms with Crippen LogP contribution in [-0.2, 0) is 9.53 Å². The Morgan fingerprint density at radius 1 is 1.53 bits per heavy atom. The lowest BCUT2D eigenvalue weighted by Gasteiger charge is -1.94. The second-order valence-electron chi connectivity index (χ2n) is 3.13. The molecule has 0 aliphatic carbocycles. The van der Waals surface area contributed by atoms with Crippen molar-refractivity contribution in [2.75, 3.05) is 7.11 Å². The molecule has 1 atom stereocenters. The van der Waals surface area contributed by atoms with Gasteiger partial charge in [0.2, 0.25) is 0 Å². The van der Waals surface area contributed by atoms with Gasteiger partial charge < -0.3 is 9.84 Å². The molecule has 3 nitrogen and oxygen atoms in total. The molecule has 84 valence electrons. The molecule has 0 aromatic heterocycles. The minimum absolute atomic E-state index is 0.631. The first kappa shape index (κ1) is 13.7. The van der Waals surface area contributed by atoms with Gasteiger partial charge in [-0.3, -0.25) is 0 Å². The number of carbonyl (C=O) groups excluding carboxylic acids is 1. The predicted molar refractivity (Wildman–Crippen MR) is 59.1 cm³/mol. The lowest BCUT2D eigenvalue weighted by atomic mass is 10.2. The van der Waals surface area contributed by atoms with Crippen molar-refractivity contribution in [3.63, 3.8) is 0 Å². The second-order valence-corrected chi connectivity index (χ2v) is 3.13. The third-order valence-corrected chi connectivity index (χ3v) is 1.80. The van der Waals surface area contributed by atoms with Crippen LogP contribution in [0.3, 0.4) is 0 Å². The SMILES string of the molecule is CCCCC/C=C/[C@H](O)C#CC(=O)OC. The molecule has 0 radical (unpaired) electrons. The zero-order valence-corrected chi connectivity index (χ0v) is 9.32. The number of hydrogen-bond acceptors (Lipinski definition) is 3. The molecule has 15 heavy (non-hydrogen) atoms. The van der Waals surface area contributed by atoms with E-state index in [4.69, 9.17) is 0 Å². The summed E-state index contributed by atoms with van der Waals surface area (Å²) in [5.41, 5.74) is 0. The van der Waals surface area contributed by atoms with Crippen LogP contribution in [0.25, 0.3) is 0 Å². The number of ether oxygens (including phenoxy) is 1. The smallest absolute Gasteiger partial charge is 0.384 e. The molecule has 0 aromatic carbocycles. The Morgan fingerprint density at radius 3 is 2.87 bits per heavy atom. The standard InChI is InChI=1S/C12H18O3/c1-3-4-5-6-7-8-11(13)9-10-12(14)15-2/h7-8,11,13H,3-6H2,1-2H3/b8-7+/t11-/m0/s1. The molecule has 0 fully saturated rings. The van der Waals surface area contributed by atoms with Crippen molar-refractivity contribution in [3.05, 3.63) is 12.2 Å². The zero-order chi connectivity index (χ0) is 11.5. The van der Waals surface area contributed by atoms with Crippen molar-refractivity contribution < 1.29 is 14.6 Å². The lowest BCUT2D eigenvalue weighted by molar-refractivity contribution is -0.133. The highest BCUT2D eigenvalue weighted by molar-refractivity contribution is 5.88. The molecular formula is C12H18O3. The lowest BCUT2D eigenvalue weighted by Crippen LogP contribution is -2.00. The third-order valence-electron chi connectivity index (χ3n) is 1.80. The van der Waals surface area contributed by atoms with Crippen LogP contribution in [-0.4, -0.2) is 24.3 Å². The van der Waals surface area contributed by atoms with Crippen LogP contribution >= 0.6 is 0 Å². The van der Waals surface area contributed by atoms with Gasteiger partial charge in [-0.2, -0.15) is 0 Å². The van der Waals surface area contributed by atoms with Crippen molar-refractivity contribution in [3.8, 4) is 11.8 Å². The highest BCUT2D eigenvalue weighted by atomic mass is 16.5. The van der Waals surface area contributed by atoms with Gasteiger partial charge in [0.25, 0.3) is 0 Å². The van der Waals surface area contributed by atoms with Gasteiger partial charge in [0.05, 0.1) is 7.11 Å². The van der Waals surface area contributed by atoms with Crippen LogP contribution in [0.1, 0.15) is 32.6 Å². The summed E-state index contributed by atoms with van der Waals surface area (Å²) in [7, 11) is 1.25. The number of aliphatic hydroxyl groups excluding tert-OH is 1. The molecule has 0 aliphatic heterocycles. The van der Waals surface area contributed by atoms with E-state index in [0.717, 1.165) is 12.8 Å². The number of rotatable bonds is 5. The van der Waals surface area contributed by atoms with Crippen LogP contribution in [0.4, 0.5) is 0 Å². The van der Waals surface area contributed by atoms with Crippen LogP contribution in [0.5, 0.6) is 0 Å². The molecule has 0 aliphatic rings. The van der Waals surface area contributed by atoms with E-state index < -0.39 is 12.1 Å². The summed E-state index contributed by atoms with van der Waals surface area (Å²) < 4.78 is 4.31. The molecule has 0 heterocycles. The second kappa shape index (κ2) is 9.29. The van der Waals surface area contributed by atoms with Gasteiger partial charge in [-0.05, 0) is 18.9 Å². The van der Waals surface area contributed by atoms with E-state index in [2.05, 4.69) is 23.5 Å². The first-order valence-corrected chi connectivity index (χ1v) is 5.15. The molecule has 0 amide bonds. The summed E-state index contributed by atoms with van der Waals surface area (Å²) in [6, 6.07) is 0. The van der Waals surface area contributed by atoms with E-state index in [-0.39, 0.29) is 0 Å². The van der Waals surface area contributed by atoms with Gasteiger partial charge in [-0.1, -0.05) is 31.8 Å². The maximum absolute atomic E-state index is 10.6. The fourth-order valence-electron chi connectivity index (χ4n) is 0.969. The molecule has 0 saturated heterocycles. The third kappa shape index (κ3) is 9.04. The normalized spacial score (nSPS) is 11.9. The quantitative estimate of drug-likeness (QED) is 0.247. The van der Waals surface area contributed by atoms with Gasteiger partial charge in [0, 0.05) is 5.92 Å². The van der Waals surface area contributed by atoms with Gasteiger partial charge in [-0.25, -0.2) is 4.79 Å². The fourth-order valence-corrected chi connectivity index (χ4v) is 0.969. The van der Waals surface area contributed by atoms with Crippen molar-refractivity contribution >= 4 is 5.97 Å². The van der Waals surface area contributed by atoms with Crippen LogP contribution in [0.2, 0.25) is 0 Å². The Labute approximate surface area is 91.1 Å². The summed E-state index contributed by atoms with van der Waals surface area (Å²) in [6.45, 7) is 2.14. The largest absolute Gasteiger partial charge is 0.459 e. The van der Waals surface area contributed by atoms with Crippen molar-refractivity contribution in [1.82, 2.24) is 0 Å². The van der Waals surface area contributed by atoms with Crippen LogP contribution < -0.4 is 0 Å². The molecule has 3 heteroatoms. The summed E-state index contributed by atoms with van der Waals surface area (Å²) in [5, 5.41) is 9.28. The fraction of sp³-hybridized carbons (Fsp3) is 0.583. The van der Waals surface area contributed by atoms with E-state index in [1.165, 1.54) is 20.0 Å². The number of unbranched alkanes of at least 4 members (excludes halogenated alkanes) is 3.